The van der Waals surface area contributed by atoms with Crippen LogP contribution >= 0.6 is 0 Å². The van der Waals surface area contributed by atoms with Gasteiger partial charge in [0.2, 0.25) is 0 Å². The molecule has 0 fully saturated rings. The molecule has 19 heteroatoms. The summed E-state index contributed by atoms with van der Waals surface area (Å²) < 4.78 is 0. The van der Waals surface area contributed by atoms with Crippen LogP contribution in [0.1, 0.15) is 11.1 Å². The lowest BCUT2D eigenvalue weighted by Gasteiger charge is -2.08. The van der Waals surface area contributed by atoms with E-state index in [0.29, 0.717) is 0 Å². The van der Waals surface area contributed by atoms with Gasteiger partial charge in [-0.25, -0.2) is 0 Å². The number of nitrogen functional groups attached to an aromatic ring is 1. The molecule has 0 heterocycles. The minimum absolute atomic E-state index is 0.522. The van der Waals surface area contributed by atoms with Crippen LogP contribution in [0.2, 0.25) is 0 Å². The molecule has 0 radical (unpaired) electrons. The molecular weight excluding hydrogens is 458 g/mol. The number of anilines is 1. The minimum atomic E-state index is -2.11. The Morgan fingerprint density at radius 3 is 1.33 bits per heavy atom. The van der Waals surface area contributed by atoms with Crippen LogP contribution in [0.15, 0.2) is 30.3 Å². The van der Waals surface area contributed by atoms with Crippen molar-refractivity contribution >= 4 is 39.8 Å². The highest BCUT2D eigenvalue weighted by molar-refractivity contribution is 5.99. The number of nitrogens with zero attached hydrogens (tertiary/aromatic N) is 6. The van der Waals surface area contributed by atoms with Gasteiger partial charge in [0.25, 0.3) is 0 Å². The minimum Gasteiger partial charge on any atom is -0.392 e. The lowest BCUT2D eigenvalue weighted by Crippen LogP contribution is -2.15. The smallest absolute Gasteiger partial charge is 0.392 e. The Hall–Kier alpha value is -5.62. The number of rotatable bonds is 8. The molecule has 0 bridgehead atoms. The molecule has 2 rings (SSSR count). The molecule has 0 unspecified atom stereocenters. The third-order valence-corrected chi connectivity index (χ3v) is 4.04. The van der Waals surface area contributed by atoms with Gasteiger partial charge in [-0.15, -0.1) is 0 Å². The quantitative estimate of drug-likeness (QED) is 0.253. The Morgan fingerprint density at radius 2 is 0.970 bits per heavy atom. The van der Waals surface area contributed by atoms with Gasteiger partial charge in [0.05, 0.1) is 35.1 Å². The third kappa shape index (κ3) is 4.03. The van der Waals surface area contributed by atoms with E-state index in [9.17, 15) is 60.7 Å². The van der Waals surface area contributed by atoms with Crippen molar-refractivity contribution in [1.29, 1.82) is 0 Å². The standard InChI is InChI=1S/C14H7N7O12/c15-8-7(10(17(24)25)9(16(22)23)6-4-2-1-3-5-6)11(18(26)27)13(20(30)31)14(21(32)33)12(8)19(28)29/h1-5H,15H2. The average Bonchev–Trinajstić information content (AvgIpc) is 2.70. The van der Waals surface area contributed by atoms with Crippen LogP contribution in [0.25, 0.3) is 11.4 Å². The molecule has 0 aliphatic rings. The number of nitrogens with two attached hydrogens (primary N) is 1. The molecular formula is C14H7N7O12. The summed E-state index contributed by atoms with van der Waals surface area (Å²) in [4.78, 5) is 59.7. The second-order valence-corrected chi connectivity index (χ2v) is 5.79. The molecule has 0 saturated carbocycles. The normalized spacial score (nSPS) is 11.3. The molecule has 0 saturated heterocycles. The van der Waals surface area contributed by atoms with Gasteiger partial charge in [-0.3, -0.25) is 60.7 Å². The van der Waals surface area contributed by atoms with Gasteiger partial charge >= 0.3 is 34.1 Å². The van der Waals surface area contributed by atoms with Crippen molar-refractivity contribution in [2.75, 3.05) is 5.73 Å². The van der Waals surface area contributed by atoms with Crippen LogP contribution in [-0.4, -0.2) is 29.5 Å². The second-order valence-electron chi connectivity index (χ2n) is 5.79. The molecule has 2 aromatic rings. The Kier molecular flexibility index (Phi) is 6.18. The zero-order valence-electron chi connectivity index (χ0n) is 15.5. The van der Waals surface area contributed by atoms with Gasteiger partial charge < -0.3 is 5.73 Å². The summed E-state index contributed by atoms with van der Waals surface area (Å²) in [6, 6.07) is 5.67. The van der Waals surface area contributed by atoms with Crippen LogP contribution in [0, 0.1) is 60.7 Å². The van der Waals surface area contributed by atoms with E-state index in [1.54, 1.807) is 0 Å². The lowest BCUT2D eigenvalue weighted by molar-refractivity contribution is -0.452. The number of benzene rings is 2. The van der Waals surface area contributed by atoms with E-state index >= 15 is 0 Å². The first-order valence-electron chi connectivity index (χ1n) is 7.98. The fraction of sp³-hybridized carbons (Fsp3) is 0. The van der Waals surface area contributed by atoms with Gasteiger partial charge in [0.1, 0.15) is 5.69 Å². The van der Waals surface area contributed by atoms with E-state index in [4.69, 9.17) is 5.73 Å². The molecule has 170 valence electrons. The molecule has 0 spiro atoms. The van der Waals surface area contributed by atoms with Gasteiger partial charge in [-0.05, 0) is 12.1 Å². The van der Waals surface area contributed by atoms with Gasteiger partial charge in [-0.1, -0.05) is 18.2 Å². The summed E-state index contributed by atoms with van der Waals surface area (Å²) in [7, 11) is 0. The first-order chi connectivity index (χ1) is 15.3. The Labute approximate surface area is 178 Å². The van der Waals surface area contributed by atoms with Crippen molar-refractivity contribution in [3.63, 3.8) is 0 Å². The topological polar surface area (TPSA) is 285 Å². The van der Waals surface area contributed by atoms with Crippen molar-refractivity contribution in [3.05, 3.63) is 102 Å². The van der Waals surface area contributed by atoms with E-state index in [1.165, 1.54) is 18.2 Å². The summed E-state index contributed by atoms with van der Waals surface area (Å²) in [5.74, 6) is 0. The van der Waals surface area contributed by atoms with Gasteiger partial charge in [0, 0.05) is 0 Å². The summed E-state index contributed by atoms with van der Waals surface area (Å²) in [5, 5.41) is 69.4. The fourth-order valence-corrected chi connectivity index (χ4v) is 2.89. The summed E-state index contributed by atoms with van der Waals surface area (Å²) >= 11 is 0. The van der Waals surface area contributed by atoms with E-state index in [0.717, 1.165) is 12.1 Å². The molecule has 0 aromatic heterocycles. The lowest BCUT2D eigenvalue weighted by atomic mass is 9.98. The van der Waals surface area contributed by atoms with Crippen molar-refractivity contribution in [3.8, 4) is 0 Å². The van der Waals surface area contributed by atoms with Crippen LogP contribution < -0.4 is 5.73 Å². The predicted octanol–water partition coefficient (Wildman–Crippen LogP) is 2.28. The monoisotopic (exact) mass is 465 g/mol. The first kappa shape index (κ1) is 23.7. The summed E-state index contributed by atoms with van der Waals surface area (Å²) in [6.45, 7) is 0. The number of nitro benzene ring substituents is 4. The highest BCUT2D eigenvalue weighted by Gasteiger charge is 2.53. The molecule has 2 aromatic carbocycles. The van der Waals surface area contributed by atoms with Crippen LogP contribution in [0.4, 0.5) is 28.4 Å². The molecule has 0 aliphatic carbocycles. The summed E-state index contributed by atoms with van der Waals surface area (Å²) in [6.07, 6.45) is 0. The summed E-state index contributed by atoms with van der Waals surface area (Å²) in [5.41, 5.74) is -9.71. The largest absolute Gasteiger partial charge is 0.432 e. The molecule has 0 amide bonds. The molecule has 33 heavy (non-hydrogen) atoms. The van der Waals surface area contributed by atoms with Crippen LogP contribution in [0.3, 0.4) is 0 Å². The van der Waals surface area contributed by atoms with Crippen molar-refractivity contribution < 1.29 is 29.5 Å². The second kappa shape index (κ2) is 8.63. The van der Waals surface area contributed by atoms with Crippen LogP contribution in [-0.2, 0) is 0 Å². The Morgan fingerprint density at radius 1 is 0.576 bits per heavy atom. The van der Waals surface area contributed by atoms with E-state index in [-0.39, 0.29) is 0 Å². The van der Waals surface area contributed by atoms with Crippen molar-refractivity contribution in [2.24, 2.45) is 0 Å². The molecule has 19 nitrogen and oxygen atoms in total. The van der Waals surface area contributed by atoms with Gasteiger partial charge in [0.15, 0.2) is 5.56 Å². The maximum atomic E-state index is 11.8. The van der Waals surface area contributed by atoms with Gasteiger partial charge in [-0.2, -0.15) is 0 Å². The first-order valence-corrected chi connectivity index (χ1v) is 7.98. The van der Waals surface area contributed by atoms with Crippen molar-refractivity contribution in [1.82, 2.24) is 0 Å². The zero-order chi connectivity index (χ0) is 25.2. The Balaban J connectivity index is 3.39. The maximum Gasteiger partial charge on any atom is 0.432 e. The number of hydrogen-bond donors (Lipinski definition) is 1. The molecule has 2 N–H and O–H groups in total. The maximum absolute atomic E-state index is 11.8. The SMILES string of the molecule is Nc1c(C(=C(c2ccccc2)[N+](=O)[O-])[N+](=O)[O-])c([N+](=O)[O-])c([N+](=O)[O-])c([N+](=O)[O-])c1[N+](=O)[O-]. The number of hydrogen-bond acceptors (Lipinski definition) is 13. The van der Waals surface area contributed by atoms with E-state index < -0.39 is 80.5 Å². The van der Waals surface area contributed by atoms with Crippen molar-refractivity contribution in [2.45, 2.75) is 0 Å². The number of nitro groups is 6. The highest BCUT2D eigenvalue weighted by Crippen LogP contribution is 2.52. The average molecular weight is 465 g/mol. The molecule has 0 atom stereocenters. The van der Waals surface area contributed by atoms with E-state index in [1.807, 2.05) is 0 Å². The molecule has 0 aliphatic heterocycles. The van der Waals surface area contributed by atoms with Crippen LogP contribution in [0.5, 0.6) is 0 Å². The fourth-order valence-electron chi connectivity index (χ4n) is 2.89. The predicted molar refractivity (Wildman–Crippen MR) is 105 cm³/mol. The third-order valence-electron chi connectivity index (χ3n) is 4.04. The highest BCUT2D eigenvalue weighted by atomic mass is 16.7. The zero-order valence-corrected chi connectivity index (χ0v) is 15.5. The Bertz CT molecular complexity index is 1290. The van der Waals surface area contributed by atoms with E-state index in [2.05, 4.69) is 0 Å².